The molecule has 8 heteroatoms. The molecule has 0 amide bonds. The molecule has 2 aliphatic heterocycles. The fraction of sp³-hybridized carbons (Fsp3) is 0.250. The molecule has 0 atom stereocenters. The Kier molecular flexibility index (Phi) is 16.7. The van der Waals surface area contributed by atoms with Gasteiger partial charge >= 0.3 is 0 Å². The molecule has 10 aromatic rings. The van der Waals surface area contributed by atoms with Gasteiger partial charge in [-0.15, -0.1) is 0 Å². The molecule has 1 aliphatic carbocycles. The van der Waals surface area contributed by atoms with Crippen molar-refractivity contribution in [3.05, 3.63) is 307 Å². The molecule has 0 saturated heterocycles. The molecule has 0 saturated carbocycles. The van der Waals surface area contributed by atoms with Crippen LogP contribution in [0.2, 0.25) is 0 Å². The Bertz CT molecular complexity index is 3670. The lowest BCUT2D eigenvalue weighted by atomic mass is 9.74. The van der Waals surface area contributed by atoms with E-state index in [4.69, 9.17) is 28.4 Å². The van der Waals surface area contributed by atoms with Gasteiger partial charge in [0.2, 0.25) is 0 Å². The molecule has 444 valence electrons. The first-order chi connectivity index (χ1) is 43.3. The van der Waals surface area contributed by atoms with Gasteiger partial charge < -0.3 is 38.2 Å². The number of hydrogen-bond donors (Lipinski definition) is 0. The zero-order chi connectivity index (χ0) is 60.2. The van der Waals surface area contributed by atoms with E-state index in [1.165, 1.54) is 0 Å². The van der Waals surface area contributed by atoms with Crippen LogP contribution in [-0.4, -0.2) is 40.5 Å². The predicted octanol–water partition coefficient (Wildman–Crippen LogP) is 17.9. The highest BCUT2D eigenvalue weighted by Gasteiger charge is 2.47. The number of para-hydroxylation sites is 6. The van der Waals surface area contributed by atoms with Gasteiger partial charge in [0, 0.05) is 98.0 Å². The second-order valence-corrected chi connectivity index (χ2v) is 23.4. The van der Waals surface area contributed by atoms with Gasteiger partial charge in [0.1, 0.15) is 47.4 Å². The summed E-state index contributed by atoms with van der Waals surface area (Å²) in [6, 6.07) is 78.8. The fourth-order valence-corrected chi connectivity index (χ4v) is 14.0. The lowest BCUT2D eigenvalue weighted by Crippen LogP contribution is -2.39. The zero-order valence-electron chi connectivity index (χ0n) is 51.6. The molecule has 0 aromatic heterocycles. The average molecular weight is 1160 g/mol. The summed E-state index contributed by atoms with van der Waals surface area (Å²) in [5.74, 6) is 3.41. The van der Waals surface area contributed by atoms with Crippen molar-refractivity contribution in [1.82, 2.24) is 0 Å². The number of hydrogen-bond acceptors (Lipinski definition) is 8. The molecule has 2 heterocycles. The van der Waals surface area contributed by atoms with Crippen LogP contribution < -0.4 is 28.7 Å². The normalized spacial score (nSPS) is 14.2. The van der Waals surface area contributed by atoms with E-state index in [1.807, 2.05) is 0 Å². The van der Waals surface area contributed by atoms with Crippen LogP contribution in [0.3, 0.4) is 0 Å². The van der Waals surface area contributed by atoms with Crippen LogP contribution in [0.5, 0.6) is 23.0 Å². The molecule has 0 N–H and O–H groups in total. The van der Waals surface area contributed by atoms with Crippen LogP contribution in [0.25, 0.3) is 0 Å². The Balaban J connectivity index is 1.10. The molecule has 13 rings (SSSR count). The first-order valence-electron chi connectivity index (χ1n) is 31.5. The van der Waals surface area contributed by atoms with E-state index >= 15 is 0 Å². The van der Waals surface area contributed by atoms with Gasteiger partial charge in [-0.2, -0.15) is 0 Å². The quantitative estimate of drug-likeness (QED) is 0.0842. The number of fused-ring (bicyclic) bond motifs is 12. The Morgan fingerprint density at radius 3 is 0.898 bits per heavy atom. The van der Waals surface area contributed by atoms with Gasteiger partial charge in [0.25, 0.3) is 0 Å². The van der Waals surface area contributed by atoms with Crippen molar-refractivity contribution < 1.29 is 28.4 Å². The molecule has 0 radical (unpaired) electrons. The minimum Gasteiger partial charge on any atom is -0.493 e. The monoisotopic (exact) mass is 1160 g/mol. The van der Waals surface area contributed by atoms with Crippen LogP contribution in [0, 0.1) is 0 Å². The summed E-state index contributed by atoms with van der Waals surface area (Å²) in [4.78, 5) is 4.60. The molecule has 8 nitrogen and oxygen atoms in total. The fourth-order valence-electron chi connectivity index (χ4n) is 14.0. The van der Waals surface area contributed by atoms with E-state index in [0.717, 1.165) is 148 Å². The number of nitrogens with zero attached hydrogens (tertiary/aromatic N) is 2. The van der Waals surface area contributed by atoms with E-state index in [0.29, 0.717) is 65.3 Å². The summed E-state index contributed by atoms with van der Waals surface area (Å²) in [6.07, 6.45) is 3.66. The third-order valence-electron chi connectivity index (χ3n) is 17.8. The first kappa shape index (κ1) is 58.0. The summed E-state index contributed by atoms with van der Waals surface area (Å²) >= 11 is 0. The van der Waals surface area contributed by atoms with Crippen LogP contribution in [-0.2, 0) is 59.6 Å². The van der Waals surface area contributed by atoms with Gasteiger partial charge in [-0.05, 0) is 142 Å². The van der Waals surface area contributed by atoms with Crippen molar-refractivity contribution >= 4 is 22.7 Å². The maximum atomic E-state index is 7.45. The lowest BCUT2D eigenvalue weighted by Gasteiger charge is -2.44. The van der Waals surface area contributed by atoms with Gasteiger partial charge in [0.05, 0.1) is 13.2 Å². The number of benzene rings is 10. The van der Waals surface area contributed by atoms with Gasteiger partial charge in [-0.3, -0.25) is 0 Å². The molecule has 88 heavy (non-hydrogen) atoms. The standard InChI is InChI=1S/C80H78N2O6/c1-7-43-83-75-57-31-25-32-58(75)46-62-50-66(80(88-10-4)69-37-19-23-41-73(69)82(6)74-42-24-20-38-70(74)80)52-64(78(62)86-54-56-29-15-12-16-30-56)48-60-34-26-33-59(76(60)84-44-8-2)47-63-51-65(49-61(45-57)77(63)85-53-55-27-13-11-14-28-55)79(87-9-3)67-35-17-21-39-71(67)81(5)72-40-22-18-36-68(72)79/h11-42,49-52H,7-10,43-48,53-54H2,1-6H3. The molecule has 0 unspecified atom stereocenters. The van der Waals surface area contributed by atoms with Crippen LogP contribution in [0.15, 0.2) is 218 Å². The minimum absolute atomic E-state index is 0.378. The van der Waals surface area contributed by atoms with E-state index in [-0.39, 0.29) is 0 Å². The number of ether oxygens (including phenoxy) is 6. The summed E-state index contributed by atoms with van der Waals surface area (Å²) in [5.41, 5.74) is 19.3. The van der Waals surface area contributed by atoms with Crippen LogP contribution >= 0.6 is 0 Å². The van der Waals surface area contributed by atoms with Gasteiger partial charge in [-0.1, -0.05) is 184 Å². The molecular formula is C80H78N2O6. The number of rotatable bonds is 18. The van der Waals surface area contributed by atoms with Crippen molar-refractivity contribution in [2.45, 2.75) is 90.6 Å². The summed E-state index contributed by atoms with van der Waals surface area (Å²) in [5, 5.41) is 0. The smallest absolute Gasteiger partial charge is 0.147 e. The minimum atomic E-state index is -0.992. The second kappa shape index (κ2) is 25.3. The Morgan fingerprint density at radius 2 is 0.602 bits per heavy atom. The molecule has 10 aromatic carbocycles. The Hall–Kier alpha value is -9.08. The first-order valence-corrected chi connectivity index (χ1v) is 31.5. The van der Waals surface area contributed by atoms with Crippen molar-refractivity contribution in [1.29, 1.82) is 0 Å². The third-order valence-corrected chi connectivity index (χ3v) is 17.8. The molecule has 0 fully saturated rings. The second-order valence-electron chi connectivity index (χ2n) is 23.4. The summed E-state index contributed by atoms with van der Waals surface area (Å²) in [6.45, 7) is 11.3. The Morgan fingerprint density at radius 1 is 0.318 bits per heavy atom. The largest absolute Gasteiger partial charge is 0.493 e. The topological polar surface area (TPSA) is 61.9 Å². The lowest BCUT2D eigenvalue weighted by molar-refractivity contribution is 0.0209. The highest BCUT2D eigenvalue weighted by molar-refractivity contribution is 5.81. The van der Waals surface area contributed by atoms with Crippen LogP contribution in [0.1, 0.15) is 130 Å². The summed E-state index contributed by atoms with van der Waals surface area (Å²) in [7, 11) is 4.32. The zero-order valence-corrected chi connectivity index (χ0v) is 51.6. The van der Waals surface area contributed by atoms with Gasteiger partial charge in [0.15, 0.2) is 0 Å². The van der Waals surface area contributed by atoms with Crippen molar-refractivity contribution in [2.75, 3.05) is 50.3 Å². The van der Waals surface area contributed by atoms with E-state index in [2.05, 4.69) is 270 Å². The maximum absolute atomic E-state index is 7.45. The van der Waals surface area contributed by atoms with Crippen molar-refractivity contribution in [3.63, 3.8) is 0 Å². The van der Waals surface area contributed by atoms with E-state index < -0.39 is 11.2 Å². The molecule has 3 aliphatic rings. The van der Waals surface area contributed by atoms with E-state index in [1.54, 1.807) is 0 Å². The number of anilines is 4. The molecular weight excluding hydrogens is 1080 g/mol. The van der Waals surface area contributed by atoms with Crippen molar-refractivity contribution in [2.24, 2.45) is 0 Å². The molecule has 8 bridgehead atoms. The Labute approximate surface area is 519 Å². The third kappa shape index (κ3) is 10.6. The van der Waals surface area contributed by atoms with Gasteiger partial charge in [-0.25, -0.2) is 0 Å². The highest BCUT2D eigenvalue weighted by Crippen LogP contribution is 2.56. The molecule has 0 spiro atoms. The maximum Gasteiger partial charge on any atom is 0.147 e. The van der Waals surface area contributed by atoms with Crippen molar-refractivity contribution in [3.8, 4) is 23.0 Å². The van der Waals surface area contributed by atoms with E-state index in [9.17, 15) is 0 Å². The SMILES string of the molecule is CCCOc1c2cccc1Cc1cc(C3(OCC)c4ccccc4N(C)c4ccccc43)cc(c1OCc1ccccc1)Cc1cccc(c1OCCC)Cc1cc(C3(OCC)c4ccccc4N(C)c4ccccc43)cc(c1OCc1ccccc1)C2. The van der Waals surface area contributed by atoms with Crippen LogP contribution in [0.4, 0.5) is 22.7 Å². The average Bonchev–Trinajstić information content (AvgIpc) is 0.743. The summed E-state index contributed by atoms with van der Waals surface area (Å²) < 4.78 is 44.1. The predicted molar refractivity (Wildman–Crippen MR) is 355 cm³/mol. The highest BCUT2D eigenvalue weighted by atomic mass is 16.5.